The van der Waals surface area contributed by atoms with Crippen LogP contribution in [0.25, 0.3) is 22.1 Å². The predicted octanol–water partition coefficient (Wildman–Crippen LogP) is 2.09. The number of rotatable bonds is 1. The van der Waals surface area contributed by atoms with E-state index >= 15 is 0 Å². The molecule has 5 heterocycles. The maximum absolute atomic E-state index is 13.3. The highest BCUT2D eigenvalue weighted by Gasteiger charge is 2.41. The summed E-state index contributed by atoms with van der Waals surface area (Å²) >= 11 is 0. The number of aromatic amines is 2. The number of nitrogens with zero attached hydrogens (tertiary/aromatic N) is 6. The van der Waals surface area contributed by atoms with E-state index in [1.807, 2.05) is 6.07 Å². The SMILES string of the molecule is C[C@@H]1CCN(C(=O)N2[C@@H](C#N)CC[C@@H]2C#N)C[C@@H]1n1c(=O)[nH]c2cnc3[nH]ccc3c21. The number of urea groups is 1. The van der Waals surface area contributed by atoms with Crippen LogP contribution in [0.2, 0.25) is 0 Å². The van der Waals surface area contributed by atoms with Crippen LogP contribution >= 0.6 is 0 Å². The number of imidazole rings is 1. The molecule has 2 amide bonds. The predicted molar refractivity (Wildman–Crippen MR) is 112 cm³/mol. The van der Waals surface area contributed by atoms with Gasteiger partial charge in [0.1, 0.15) is 17.7 Å². The molecule has 5 rings (SSSR count). The summed E-state index contributed by atoms with van der Waals surface area (Å²) in [5, 5.41) is 19.7. The van der Waals surface area contributed by atoms with Gasteiger partial charge in [-0.05, 0) is 31.2 Å². The van der Waals surface area contributed by atoms with Gasteiger partial charge >= 0.3 is 11.7 Å². The number of pyridine rings is 1. The second-order valence-electron chi connectivity index (χ2n) is 8.40. The highest BCUT2D eigenvalue weighted by Crippen LogP contribution is 2.33. The van der Waals surface area contributed by atoms with Gasteiger partial charge in [0.2, 0.25) is 0 Å². The first-order valence-corrected chi connectivity index (χ1v) is 10.5. The fraction of sp³-hybridized carbons (Fsp3) is 0.476. The number of fused-ring (bicyclic) bond motifs is 3. The van der Waals surface area contributed by atoms with E-state index in [9.17, 15) is 20.1 Å². The van der Waals surface area contributed by atoms with E-state index in [1.165, 1.54) is 4.90 Å². The summed E-state index contributed by atoms with van der Waals surface area (Å²) in [6, 6.07) is 4.49. The molecule has 0 saturated carbocycles. The maximum Gasteiger partial charge on any atom is 0.326 e. The lowest BCUT2D eigenvalue weighted by molar-refractivity contribution is 0.108. The van der Waals surface area contributed by atoms with Gasteiger partial charge in [-0.3, -0.25) is 9.47 Å². The van der Waals surface area contributed by atoms with Gasteiger partial charge in [-0.1, -0.05) is 6.92 Å². The smallest absolute Gasteiger partial charge is 0.326 e. The van der Waals surface area contributed by atoms with Crippen LogP contribution in [0, 0.1) is 28.6 Å². The molecular formula is C21H22N8O2. The van der Waals surface area contributed by atoms with E-state index in [0.29, 0.717) is 37.1 Å². The largest absolute Gasteiger partial charge is 0.346 e. The summed E-state index contributed by atoms with van der Waals surface area (Å²) in [5.74, 6) is 0.167. The Morgan fingerprint density at radius 2 is 1.97 bits per heavy atom. The van der Waals surface area contributed by atoms with Crippen molar-refractivity contribution < 1.29 is 4.79 Å². The Balaban J connectivity index is 1.53. The van der Waals surface area contributed by atoms with Crippen LogP contribution in [0.1, 0.15) is 32.2 Å². The summed E-state index contributed by atoms with van der Waals surface area (Å²) in [6.07, 6.45) is 5.17. The quantitative estimate of drug-likeness (QED) is 0.623. The minimum atomic E-state index is -0.587. The zero-order valence-electron chi connectivity index (χ0n) is 17.1. The molecule has 158 valence electrons. The number of hydrogen-bond donors (Lipinski definition) is 2. The van der Waals surface area contributed by atoms with Gasteiger partial charge in [0, 0.05) is 24.7 Å². The Kier molecular flexibility index (Phi) is 4.44. The number of nitrogens with one attached hydrogen (secondary N) is 2. The van der Waals surface area contributed by atoms with Crippen LogP contribution in [-0.2, 0) is 0 Å². The molecule has 0 unspecified atom stereocenters. The Hall–Kier alpha value is -3.79. The first-order valence-electron chi connectivity index (χ1n) is 10.5. The molecule has 0 radical (unpaired) electrons. The highest BCUT2D eigenvalue weighted by molar-refractivity contribution is 6.01. The Morgan fingerprint density at radius 1 is 1.23 bits per heavy atom. The monoisotopic (exact) mass is 418 g/mol. The van der Waals surface area contributed by atoms with Gasteiger partial charge in [0.05, 0.1) is 35.4 Å². The number of nitriles is 2. The molecule has 2 aliphatic rings. The van der Waals surface area contributed by atoms with Crippen LogP contribution < -0.4 is 5.69 Å². The summed E-state index contributed by atoms with van der Waals surface area (Å²) in [5.41, 5.74) is 1.89. The number of carbonyl (C=O) groups is 1. The van der Waals surface area contributed by atoms with Crippen molar-refractivity contribution in [3.63, 3.8) is 0 Å². The van der Waals surface area contributed by atoms with E-state index in [0.717, 1.165) is 17.3 Å². The zero-order chi connectivity index (χ0) is 21.7. The van der Waals surface area contributed by atoms with Crippen molar-refractivity contribution in [2.24, 2.45) is 5.92 Å². The fourth-order valence-corrected chi connectivity index (χ4v) is 4.99. The lowest BCUT2D eigenvalue weighted by Crippen LogP contribution is -2.53. The van der Waals surface area contributed by atoms with Gasteiger partial charge < -0.3 is 14.9 Å². The molecule has 0 aliphatic carbocycles. The van der Waals surface area contributed by atoms with Crippen LogP contribution in [0.4, 0.5) is 4.79 Å². The third kappa shape index (κ3) is 2.87. The van der Waals surface area contributed by atoms with Crippen molar-refractivity contribution in [3.8, 4) is 12.1 Å². The molecule has 0 spiro atoms. The molecule has 2 aliphatic heterocycles. The van der Waals surface area contributed by atoms with Gasteiger partial charge in [-0.2, -0.15) is 10.5 Å². The second-order valence-corrected chi connectivity index (χ2v) is 8.40. The summed E-state index contributed by atoms with van der Waals surface area (Å²) < 4.78 is 1.74. The molecule has 10 heteroatoms. The molecule has 4 atom stereocenters. The van der Waals surface area contributed by atoms with E-state index in [-0.39, 0.29) is 23.7 Å². The standard InChI is InChI=1S/C21H22N8O2/c1-12-5-7-27(21(31)28-13(8-22)2-3-14(28)9-23)11-17(12)29-18-15-4-6-24-19(15)25-10-16(18)26-20(29)30/h4,6,10,12-14,17H,2-3,5,7,11H2,1H3,(H,24,25)(H,26,30)/t12-,13-,14-,17+/m1/s1. The van der Waals surface area contributed by atoms with E-state index < -0.39 is 12.1 Å². The minimum Gasteiger partial charge on any atom is -0.346 e. The second kappa shape index (κ2) is 7.17. The highest BCUT2D eigenvalue weighted by atomic mass is 16.2. The number of hydrogen-bond acceptors (Lipinski definition) is 5. The molecule has 3 aromatic rings. The van der Waals surface area contributed by atoms with Crippen molar-refractivity contribution >= 4 is 28.1 Å². The van der Waals surface area contributed by atoms with Crippen LogP contribution in [0.15, 0.2) is 23.3 Å². The average molecular weight is 418 g/mol. The zero-order valence-corrected chi connectivity index (χ0v) is 17.1. The molecule has 2 saturated heterocycles. The molecule has 31 heavy (non-hydrogen) atoms. The maximum atomic E-state index is 13.3. The first-order chi connectivity index (χ1) is 15.0. The van der Waals surface area contributed by atoms with E-state index in [1.54, 1.807) is 21.9 Å². The Labute approximate surface area is 177 Å². The molecule has 2 N–H and O–H groups in total. The van der Waals surface area contributed by atoms with Crippen molar-refractivity contribution in [2.45, 2.75) is 44.3 Å². The van der Waals surface area contributed by atoms with Crippen molar-refractivity contribution in [1.82, 2.24) is 29.3 Å². The Bertz CT molecular complexity index is 1280. The first kappa shape index (κ1) is 19.2. The normalized spacial score (nSPS) is 26.3. The molecule has 3 aromatic heterocycles. The Morgan fingerprint density at radius 3 is 2.68 bits per heavy atom. The molecular weight excluding hydrogens is 396 g/mol. The van der Waals surface area contributed by atoms with Gasteiger partial charge in [0.15, 0.2) is 0 Å². The minimum absolute atomic E-state index is 0.167. The average Bonchev–Trinajstić information content (AvgIpc) is 3.48. The van der Waals surface area contributed by atoms with Gasteiger partial charge in [-0.25, -0.2) is 14.6 Å². The van der Waals surface area contributed by atoms with Crippen LogP contribution in [0.5, 0.6) is 0 Å². The third-order valence-corrected chi connectivity index (χ3v) is 6.68. The summed E-state index contributed by atoms with van der Waals surface area (Å²) in [4.78, 5) is 39.7. The number of H-pyrrole nitrogens is 2. The lowest BCUT2D eigenvalue weighted by atomic mass is 9.93. The van der Waals surface area contributed by atoms with Crippen LogP contribution in [-0.4, -0.2) is 60.5 Å². The van der Waals surface area contributed by atoms with Crippen molar-refractivity contribution in [2.75, 3.05) is 13.1 Å². The molecule has 0 bridgehead atoms. The lowest BCUT2D eigenvalue weighted by Gasteiger charge is -2.40. The topological polar surface area (TPSA) is 138 Å². The third-order valence-electron chi connectivity index (χ3n) is 6.68. The van der Waals surface area contributed by atoms with Gasteiger partial charge in [0.25, 0.3) is 0 Å². The molecule has 10 nitrogen and oxygen atoms in total. The summed E-state index contributed by atoms with van der Waals surface area (Å²) in [6.45, 7) is 2.95. The van der Waals surface area contributed by atoms with E-state index in [4.69, 9.17) is 0 Å². The van der Waals surface area contributed by atoms with Crippen LogP contribution in [0.3, 0.4) is 0 Å². The number of piperidine rings is 1. The molecule has 0 aromatic carbocycles. The number of carbonyl (C=O) groups excluding carboxylic acids is 1. The van der Waals surface area contributed by atoms with Crippen molar-refractivity contribution in [1.29, 1.82) is 10.5 Å². The fourth-order valence-electron chi connectivity index (χ4n) is 4.99. The van der Waals surface area contributed by atoms with Gasteiger partial charge in [-0.15, -0.1) is 0 Å². The number of aromatic nitrogens is 4. The molecule has 2 fully saturated rings. The number of amides is 2. The summed E-state index contributed by atoms with van der Waals surface area (Å²) in [7, 11) is 0. The number of likely N-dealkylation sites (tertiary alicyclic amines) is 2. The van der Waals surface area contributed by atoms with E-state index in [2.05, 4.69) is 34.0 Å². The van der Waals surface area contributed by atoms with Crippen molar-refractivity contribution in [3.05, 3.63) is 28.9 Å².